The highest BCUT2D eigenvalue weighted by Gasteiger charge is 2.25. The zero-order valence-corrected chi connectivity index (χ0v) is 16.0. The van der Waals surface area contributed by atoms with Gasteiger partial charge in [0.25, 0.3) is 0 Å². The van der Waals surface area contributed by atoms with Crippen molar-refractivity contribution < 1.29 is 5.11 Å². The van der Waals surface area contributed by atoms with Crippen LogP contribution in [-0.2, 0) is 26.6 Å². The largest absolute Gasteiger partial charge is 0.379 e. The highest BCUT2D eigenvalue weighted by Crippen LogP contribution is 2.26. The summed E-state index contributed by atoms with van der Waals surface area (Å²) >= 11 is 0. The minimum atomic E-state index is -0.825. The van der Waals surface area contributed by atoms with Crippen molar-refractivity contribution in [1.29, 1.82) is 0 Å². The number of nitrogens with zero attached hydrogens (tertiary/aromatic N) is 7. The van der Waals surface area contributed by atoms with Crippen LogP contribution in [0.25, 0.3) is 0 Å². The molecule has 1 aliphatic heterocycles. The predicted molar refractivity (Wildman–Crippen MR) is 101 cm³/mol. The minimum absolute atomic E-state index is 0.596. The van der Waals surface area contributed by atoms with Gasteiger partial charge in [0.15, 0.2) is 6.10 Å². The Labute approximate surface area is 158 Å². The standard InChI is InChI=1S/C19H25N7O/c1-4-5-14-11-21-13(2)22-18(14)25-8-9-26-15(12-25)10-16(23-26)17(27)19-20-6-7-24(19)3/h6-7,10-11,17,27H,4-5,8-9,12H2,1-3H3/t17-/m1/s1. The van der Waals surface area contributed by atoms with E-state index < -0.39 is 6.10 Å². The van der Waals surface area contributed by atoms with Crippen molar-refractivity contribution in [2.75, 3.05) is 11.4 Å². The zero-order chi connectivity index (χ0) is 19.0. The first kappa shape index (κ1) is 17.7. The van der Waals surface area contributed by atoms with Crippen molar-refractivity contribution in [3.63, 3.8) is 0 Å². The van der Waals surface area contributed by atoms with Gasteiger partial charge in [-0.1, -0.05) is 13.3 Å². The summed E-state index contributed by atoms with van der Waals surface area (Å²) in [5.41, 5.74) is 2.89. The summed E-state index contributed by atoms with van der Waals surface area (Å²) in [5, 5.41) is 15.3. The fraction of sp³-hybridized carbons (Fsp3) is 0.474. The first-order chi connectivity index (χ1) is 13.1. The van der Waals surface area contributed by atoms with Gasteiger partial charge >= 0.3 is 0 Å². The Morgan fingerprint density at radius 2 is 2.11 bits per heavy atom. The lowest BCUT2D eigenvalue weighted by Gasteiger charge is -2.30. The van der Waals surface area contributed by atoms with E-state index in [2.05, 4.69) is 26.9 Å². The molecule has 8 heteroatoms. The third-order valence-electron chi connectivity index (χ3n) is 4.98. The van der Waals surface area contributed by atoms with E-state index in [9.17, 15) is 5.11 Å². The van der Waals surface area contributed by atoms with E-state index in [1.807, 2.05) is 41.7 Å². The Morgan fingerprint density at radius 3 is 2.85 bits per heavy atom. The van der Waals surface area contributed by atoms with Crippen molar-refractivity contribution in [2.45, 2.75) is 45.9 Å². The predicted octanol–water partition coefficient (Wildman–Crippen LogP) is 1.77. The van der Waals surface area contributed by atoms with E-state index >= 15 is 0 Å². The molecule has 0 fully saturated rings. The summed E-state index contributed by atoms with van der Waals surface area (Å²) in [4.78, 5) is 15.6. The average molecular weight is 367 g/mol. The number of aliphatic hydroxyl groups excluding tert-OH is 1. The lowest BCUT2D eigenvalue weighted by molar-refractivity contribution is 0.200. The zero-order valence-electron chi connectivity index (χ0n) is 16.0. The number of hydrogen-bond donors (Lipinski definition) is 1. The maximum Gasteiger partial charge on any atom is 0.155 e. The molecule has 0 radical (unpaired) electrons. The van der Waals surface area contributed by atoms with Crippen LogP contribution in [0, 0.1) is 6.92 Å². The van der Waals surface area contributed by atoms with Gasteiger partial charge in [0.1, 0.15) is 17.5 Å². The van der Waals surface area contributed by atoms with E-state index in [0.717, 1.165) is 43.3 Å². The van der Waals surface area contributed by atoms with Gasteiger partial charge in [-0.3, -0.25) is 4.68 Å². The summed E-state index contributed by atoms with van der Waals surface area (Å²) in [6.07, 6.45) is 6.66. The van der Waals surface area contributed by atoms with Gasteiger partial charge in [-0.2, -0.15) is 5.10 Å². The Balaban J connectivity index is 1.60. The molecule has 4 heterocycles. The summed E-state index contributed by atoms with van der Waals surface area (Å²) in [6.45, 7) is 6.40. The Hall–Kier alpha value is -2.74. The molecule has 1 N–H and O–H groups in total. The lowest BCUT2D eigenvalue weighted by Crippen LogP contribution is -2.35. The van der Waals surface area contributed by atoms with Crippen LogP contribution in [0.4, 0.5) is 5.82 Å². The highest BCUT2D eigenvalue weighted by molar-refractivity contribution is 5.47. The third-order valence-corrected chi connectivity index (χ3v) is 4.98. The summed E-state index contributed by atoms with van der Waals surface area (Å²) in [6, 6.07) is 1.97. The summed E-state index contributed by atoms with van der Waals surface area (Å²) in [7, 11) is 1.87. The SMILES string of the molecule is CCCc1cnc(C)nc1N1CCn2nc([C@@H](O)c3nccn3C)cc2C1. The normalized spacial score (nSPS) is 15.0. The summed E-state index contributed by atoms with van der Waals surface area (Å²) in [5.74, 6) is 2.40. The van der Waals surface area contributed by atoms with Gasteiger partial charge in [0, 0.05) is 37.7 Å². The van der Waals surface area contributed by atoms with E-state index in [0.29, 0.717) is 18.1 Å². The first-order valence-electron chi connectivity index (χ1n) is 9.36. The van der Waals surface area contributed by atoms with E-state index in [1.165, 1.54) is 5.56 Å². The molecule has 0 amide bonds. The van der Waals surface area contributed by atoms with Gasteiger partial charge in [0.2, 0.25) is 0 Å². The van der Waals surface area contributed by atoms with Crippen molar-refractivity contribution >= 4 is 5.82 Å². The topological polar surface area (TPSA) is 84.9 Å². The Morgan fingerprint density at radius 1 is 1.26 bits per heavy atom. The van der Waals surface area contributed by atoms with Crippen molar-refractivity contribution in [3.05, 3.63) is 53.3 Å². The molecular weight excluding hydrogens is 342 g/mol. The molecule has 0 unspecified atom stereocenters. The number of rotatable bonds is 5. The summed E-state index contributed by atoms with van der Waals surface area (Å²) < 4.78 is 3.79. The molecule has 3 aromatic rings. The first-order valence-corrected chi connectivity index (χ1v) is 9.36. The maximum atomic E-state index is 10.7. The second-order valence-corrected chi connectivity index (χ2v) is 7.02. The van der Waals surface area contributed by atoms with Crippen LogP contribution in [0.3, 0.4) is 0 Å². The molecule has 1 atom stereocenters. The molecule has 0 saturated carbocycles. The van der Waals surface area contributed by atoms with Crippen LogP contribution < -0.4 is 4.90 Å². The van der Waals surface area contributed by atoms with Crippen molar-refractivity contribution in [3.8, 4) is 0 Å². The van der Waals surface area contributed by atoms with Crippen molar-refractivity contribution in [2.24, 2.45) is 7.05 Å². The second kappa shape index (κ2) is 7.11. The van der Waals surface area contributed by atoms with E-state index in [4.69, 9.17) is 4.98 Å². The quantitative estimate of drug-likeness (QED) is 0.740. The Kier molecular flexibility index (Phi) is 4.65. The molecule has 3 aromatic heterocycles. The molecule has 0 saturated heterocycles. The number of aryl methyl sites for hydroxylation is 3. The fourth-order valence-electron chi connectivity index (χ4n) is 3.58. The molecule has 27 heavy (non-hydrogen) atoms. The number of aromatic nitrogens is 6. The van der Waals surface area contributed by atoms with Crippen LogP contribution in [0.1, 0.15) is 48.0 Å². The molecule has 1 aliphatic rings. The number of imidazole rings is 1. The molecule has 0 spiro atoms. The lowest BCUT2D eigenvalue weighted by atomic mass is 10.1. The molecule has 0 aliphatic carbocycles. The van der Waals surface area contributed by atoms with Crippen LogP contribution >= 0.6 is 0 Å². The van der Waals surface area contributed by atoms with Crippen molar-refractivity contribution in [1.82, 2.24) is 29.3 Å². The minimum Gasteiger partial charge on any atom is -0.379 e. The number of anilines is 1. The van der Waals surface area contributed by atoms with Crippen LogP contribution in [0.5, 0.6) is 0 Å². The van der Waals surface area contributed by atoms with E-state index in [-0.39, 0.29) is 0 Å². The molecule has 0 aromatic carbocycles. The fourth-order valence-corrected chi connectivity index (χ4v) is 3.58. The highest BCUT2D eigenvalue weighted by atomic mass is 16.3. The van der Waals surface area contributed by atoms with Crippen LogP contribution in [0.2, 0.25) is 0 Å². The third kappa shape index (κ3) is 3.32. The molecule has 142 valence electrons. The van der Waals surface area contributed by atoms with Gasteiger partial charge < -0.3 is 14.6 Å². The number of hydrogen-bond acceptors (Lipinski definition) is 6. The number of aliphatic hydroxyl groups is 1. The smallest absolute Gasteiger partial charge is 0.155 e. The molecule has 0 bridgehead atoms. The van der Waals surface area contributed by atoms with Gasteiger partial charge in [0.05, 0.1) is 24.5 Å². The monoisotopic (exact) mass is 367 g/mol. The van der Waals surface area contributed by atoms with Crippen LogP contribution in [0.15, 0.2) is 24.7 Å². The van der Waals surface area contributed by atoms with Crippen LogP contribution in [-0.4, -0.2) is 41.0 Å². The molecule has 4 rings (SSSR count). The molecular formula is C19H25N7O. The molecule has 8 nitrogen and oxygen atoms in total. The second-order valence-electron chi connectivity index (χ2n) is 7.02. The van der Waals surface area contributed by atoms with E-state index in [1.54, 1.807) is 6.20 Å². The maximum absolute atomic E-state index is 10.7. The van der Waals surface area contributed by atoms with Gasteiger partial charge in [-0.25, -0.2) is 15.0 Å². The van der Waals surface area contributed by atoms with Gasteiger partial charge in [-0.05, 0) is 19.4 Å². The van der Waals surface area contributed by atoms with Gasteiger partial charge in [-0.15, -0.1) is 0 Å². The average Bonchev–Trinajstić information content (AvgIpc) is 3.28. The number of fused-ring (bicyclic) bond motifs is 1. The Bertz CT molecular complexity index is 945.